The normalized spacial score (nSPS) is 11.8. The fraction of sp³-hybridized carbons (Fsp3) is 0.455. The largest absolute Gasteiger partial charge is 0.396 e. The highest BCUT2D eigenvalue weighted by atomic mass is 79.9. The van der Waals surface area contributed by atoms with Crippen LogP contribution in [-0.4, -0.2) is 23.4 Å². The van der Waals surface area contributed by atoms with E-state index in [0.29, 0.717) is 16.5 Å². The van der Waals surface area contributed by atoms with E-state index in [2.05, 4.69) is 15.9 Å². The van der Waals surface area contributed by atoms with Gasteiger partial charge in [0, 0.05) is 9.89 Å². The molecule has 0 radical (unpaired) electrons. The average molecular weight is 277 g/mol. The van der Waals surface area contributed by atoms with Gasteiger partial charge in [-0.1, -0.05) is 28.9 Å². The Hall–Kier alpha value is -0.450. The maximum absolute atomic E-state index is 13.5. The molecule has 0 amide bonds. The number of hydrogen-bond acceptors (Lipinski definition) is 2. The van der Waals surface area contributed by atoms with Crippen molar-refractivity contribution in [3.63, 3.8) is 0 Å². The van der Waals surface area contributed by atoms with Gasteiger partial charge in [-0.05, 0) is 24.1 Å². The van der Waals surface area contributed by atoms with Crippen molar-refractivity contribution in [1.29, 1.82) is 0 Å². The van der Waals surface area contributed by atoms with Crippen molar-refractivity contribution in [2.24, 2.45) is 5.41 Å². The molecule has 4 heteroatoms. The molecule has 0 aliphatic rings. The van der Waals surface area contributed by atoms with Gasteiger partial charge >= 0.3 is 0 Å². The molecule has 0 bridgehead atoms. The number of rotatable bonds is 4. The van der Waals surface area contributed by atoms with Gasteiger partial charge in [-0.25, -0.2) is 4.39 Å². The molecular formula is C11H14BrFO2. The molecule has 2 nitrogen and oxygen atoms in total. The standard InChI is InChI=1S/C11H14BrFO2/c1-11(6-14,7-15)5-8-2-3-9(12)4-10(8)13/h2-4,14-15H,5-7H2,1H3. The summed E-state index contributed by atoms with van der Waals surface area (Å²) in [6, 6.07) is 4.78. The highest BCUT2D eigenvalue weighted by Crippen LogP contribution is 2.24. The Balaban J connectivity index is 2.89. The summed E-state index contributed by atoms with van der Waals surface area (Å²) in [4.78, 5) is 0. The molecule has 0 atom stereocenters. The fourth-order valence-corrected chi connectivity index (χ4v) is 1.62. The van der Waals surface area contributed by atoms with E-state index in [0.717, 1.165) is 0 Å². The van der Waals surface area contributed by atoms with Crippen molar-refractivity contribution >= 4 is 15.9 Å². The van der Waals surface area contributed by atoms with Crippen molar-refractivity contribution in [2.45, 2.75) is 13.3 Å². The van der Waals surface area contributed by atoms with Gasteiger partial charge in [0.15, 0.2) is 0 Å². The lowest BCUT2D eigenvalue weighted by Gasteiger charge is -2.24. The van der Waals surface area contributed by atoms with Gasteiger partial charge in [0.25, 0.3) is 0 Å². The first-order valence-electron chi connectivity index (χ1n) is 4.66. The Morgan fingerprint density at radius 2 is 1.93 bits per heavy atom. The predicted molar refractivity (Wildman–Crippen MR) is 60.1 cm³/mol. The lowest BCUT2D eigenvalue weighted by molar-refractivity contribution is 0.0697. The molecule has 0 heterocycles. The number of hydrogen-bond donors (Lipinski definition) is 2. The van der Waals surface area contributed by atoms with Crippen LogP contribution in [0.5, 0.6) is 0 Å². The van der Waals surface area contributed by atoms with Crippen LogP contribution in [0.15, 0.2) is 22.7 Å². The second-order valence-corrected chi connectivity index (χ2v) is 4.96. The predicted octanol–water partition coefficient (Wildman–Crippen LogP) is 2.12. The first-order valence-corrected chi connectivity index (χ1v) is 5.46. The molecule has 0 fully saturated rings. The topological polar surface area (TPSA) is 40.5 Å². The van der Waals surface area contributed by atoms with Gasteiger partial charge in [0.2, 0.25) is 0 Å². The Kier molecular flexibility index (Phi) is 4.25. The van der Waals surface area contributed by atoms with Crippen LogP contribution in [0.1, 0.15) is 12.5 Å². The van der Waals surface area contributed by atoms with Crippen LogP contribution in [0, 0.1) is 11.2 Å². The summed E-state index contributed by atoms with van der Waals surface area (Å²) in [6.07, 6.45) is 0.319. The third-order valence-corrected chi connectivity index (χ3v) is 2.89. The van der Waals surface area contributed by atoms with E-state index in [-0.39, 0.29) is 19.0 Å². The van der Waals surface area contributed by atoms with E-state index >= 15 is 0 Å². The Morgan fingerprint density at radius 1 is 1.33 bits per heavy atom. The maximum Gasteiger partial charge on any atom is 0.127 e. The molecule has 0 saturated heterocycles. The molecule has 2 N–H and O–H groups in total. The summed E-state index contributed by atoms with van der Waals surface area (Å²) in [6.45, 7) is 1.38. The van der Waals surface area contributed by atoms with E-state index in [1.54, 1.807) is 19.1 Å². The van der Waals surface area contributed by atoms with Crippen molar-refractivity contribution < 1.29 is 14.6 Å². The highest BCUT2D eigenvalue weighted by Gasteiger charge is 2.24. The van der Waals surface area contributed by atoms with Gasteiger partial charge in [0.05, 0.1) is 13.2 Å². The SMILES string of the molecule is CC(CO)(CO)Cc1ccc(Br)cc1F. The number of benzene rings is 1. The quantitative estimate of drug-likeness (QED) is 0.885. The molecular weight excluding hydrogens is 263 g/mol. The van der Waals surface area contributed by atoms with E-state index in [1.165, 1.54) is 6.07 Å². The first-order chi connectivity index (χ1) is 7.00. The Bertz CT molecular complexity index is 337. The van der Waals surface area contributed by atoms with E-state index < -0.39 is 5.41 Å². The zero-order valence-corrected chi connectivity index (χ0v) is 10.1. The van der Waals surface area contributed by atoms with Crippen LogP contribution in [-0.2, 0) is 6.42 Å². The molecule has 1 rings (SSSR count). The molecule has 0 aliphatic carbocycles. The zero-order valence-electron chi connectivity index (χ0n) is 8.50. The van der Waals surface area contributed by atoms with Crippen molar-refractivity contribution in [3.8, 4) is 0 Å². The third kappa shape index (κ3) is 3.26. The zero-order chi connectivity index (χ0) is 11.5. The third-order valence-electron chi connectivity index (χ3n) is 2.40. The number of aliphatic hydroxyl groups excluding tert-OH is 2. The van der Waals surface area contributed by atoms with Crippen LogP contribution in [0.2, 0.25) is 0 Å². The minimum absolute atomic E-state index is 0.168. The van der Waals surface area contributed by atoms with E-state index in [1.807, 2.05) is 0 Å². The molecule has 0 saturated carbocycles. The lowest BCUT2D eigenvalue weighted by atomic mass is 9.85. The summed E-state index contributed by atoms with van der Waals surface area (Å²) >= 11 is 3.17. The second kappa shape index (κ2) is 5.05. The first kappa shape index (κ1) is 12.6. The fourth-order valence-electron chi connectivity index (χ4n) is 1.29. The molecule has 1 aromatic carbocycles. The molecule has 84 valence electrons. The van der Waals surface area contributed by atoms with Gasteiger partial charge in [-0.2, -0.15) is 0 Å². The van der Waals surface area contributed by atoms with E-state index in [4.69, 9.17) is 10.2 Å². The van der Waals surface area contributed by atoms with E-state index in [9.17, 15) is 4.39 Å². The Morgan fingerprint density at radius 3 is 2.40 bits per heavy atom. The average Bonchev–Trinajstić information content (AvgIpc) is 2.22. The Labute approximate surface area is 96.9 Å². The van der Waals surface area contributed by atoms with Gasteiger partial charge in [-0.3, -0.25) is 0 Å². The van der Waals surface area contributed by atoms with Crippen molar-refractivity contribution in [2.75, 3.05) is 13.2 Å². The smallest absolute Gasteiger partial charge is 0.127 e. The summed E-state index contributed by atoms with van der Waals surface area (Å²) < 4.78 is 14.1. The highest BCUT2D eigenvalue weighted by molar-refractivity contribution is 9.10. The van der Waals surface area contributed by atoms with Crippen LogP contribution in [0.25, 0.3) is 0 Å². The molecule has 0 spiro atoms. The van der Waals surface area contributed by atoms with Gasteiger partial charge in [0.1, 0.15) is 5.82 Å². The van der Waals surface area contributed by atoms with Gasteiger partial charge < -0.3 is 10.2 Å². The second-order valence-electron chi connectivity index (χ2n) is 4.04. The van der Waals surface area contributed by atoms with Crippen LogP contribution < -0.4 is 0 Å². The van der Waals surface area contributed by atoms with Gasteiger partial charge in [-0.15, -0.1) is 0 Å². The minimum atomic E-state index is -0.672. The number of aliphatic hydroxyl groups is 2. The van der Waals surface area contributed by atoms with Crippen LogP contribution >= 0.6 is 15.9 Å². The molecule has 15 heavy (non-hydrogen) atoms. The van der Waals surface area contributed by atoms with Crippen molar-refractivity contribution in [1.82, 2.24) is 0 Å². The summed E-state index contributed by atoms with van der Waals surface area (Å²) in [5.74, 6) is -0.322. The van der Waals surface area contributed by atoms with Crippen molar-refractivity contribution in [3.05, 3.63) is 34.1 Å². The maximum atomic E-state index is 13.5. The molecule has 1 aromatic rings. The molecule has 0 aromatic heterocycles. The molecule has 0 unspecified atom stereocenters. The minimum Gasteiger partial charge on any atom is -0.396 e. The summed E-state index contributed by atoms with van der Waals surface area (Å²) in [7, 11) is 0. The van der Waals surface area contributed by atoms with Crippen LogP contribution in [0.3, 0.4) is 0 Å². The number of halogens is 2. The monoisotopic (exact) mass is 276 g/mol. The summed E-state index contributed by atoms with van der Waals surface area (Å²) in [5.41, 5.74) is -0.168. The van der Waals surface area contributed by atoms with Crippen LogP contribution in [0.4, 0.5) is 4.39 Å². The molecule has 0 aliphatic heterocycles. The summed E-state index contributed by atoms with van der Waals surface area (Å²) in [5, 5.41) is 18.2. The lowest BCUT2D eigenvalue weighted by Crippen LogP contribution is -2.29.